The molecular formula is C10H12N8O2. The van der Waals surface area contributed by atoms with Gasteiger partial charge in [-0.25, -0.2) is 15.0 Å². The summed E-state index contributed by atoms with van der Waals surface area (Å²) in [7, 11) is 0. The predicted molar refractivity (Wildman–Crippen MR) is 68.3 cm³/mol. The lowest BCUT2D eigenvalue weighted by atomic mass is 10.1. The first-order valence-corrected chi connectivity index (χ1v) is 5.98. The van der Waals surface area contributed by atoms with Gasteiger partial charge in [0.25, 0.3) is 0 Å². The van der Waals surface area contributed by atoms with E-state index in [0.717, 1.165) is 0 Å². The van der Waals surface area contributed by atoms with Crippen LogP contribution in [0.1, 0.15) is 12.6 Å². The van der Waals surface area contributed by atoms with Gasteiger partial charge in [0.2, 0.25) is 0 Å². The largest absolute Gasteiger partial charge is 0.394 e. The summed E-state index contributed by atoms with van der Waals surface area (Å²) >= 11 is 0. The summed E-state index contributed by atoms with van der Waals surface area (Å²) in [5, 5.41) is 12.9. The molecule has 1 aliphatic heterocycles. The number of rotatable bonds is 3. The molecular weight excluding hydrogens is 264 g/mol. The highest BCUT2D eigenvalue weighted by molar-refractivity contribution is 5.81. The topological polar surface area (TPSA) is 148 Å². The van der Waals surface area contributed by atoms with Gasteiger partial charge in [0.05, 0.1) is 25.1 Å². The van der Waals surface area contributed by atoms with Crippen LogP contribution in [0.4, 0.5) is 5.82 Å². The van der Waals surface area contributed by atoms with Crippen LogP contribution >= 0.6 is 0 Å². The normalized spacial score (nSPS) is 25.8. The van der Waals surface area contributed by atoms with E-state index in [1.165, 1.54) is 6.33 Å². The number of aliphatic hydroxyl groups excluding tert-OH is 1. The molecule has 3 atom stereocenters. The second-order valence-electron chi connectivity index (χ2n) is 4.40. The van der Waals surface area contributed by atoms with Crippen LogP contribution in [-0.4, -0.2) is 43.4 Å². The summed E-state index contributed by atoms with van der Waals surface area (Å²) in [4.78, 5) is 14.9. The van der Waals surface area contributed by atoms with E-state index in [1.54, 1.807) is 10.9 Å². The summed E-state index contributed by atoms with van der Waals surface area (Å²) in [6.45, 7) is -0.218. The molecule has 1 fully saturated rings. The van der Waals surface area contributed by atoms with Gasteiger partial charge >= 0.3 is 0 Å². The molecule has 104 valence electrons. The van der Waals surface area contributed by atoms with Crippen LogP contribution in [0.2, 0.25) is 0 Å². The Kier molecular flexibility index (Phi) is 3.11. The molecule has 0 unspecified atom stereocenters. The third-order valence-corrected chi connectivity index (χ3v) is 3.28. The smallest absolute Gasteiger partial charge is 0.167 e. The van der Waals surface area contributed by atoms with Crippen molar-refractivity contribution in [1.82, 2.24) is 19.5 Å². The maximum atomic E-state index is 9.26. The van der Waals surface area contributed by atoms with Crippen molar-refractivity contribution in [3.8, 4) is 0 Å². The molecule has 1 aliphatic rings. The van der Waals surface area contributed by atoms with Crippen molar-refractivity contribution in [3.05, 3.63) is 23.1 Å². The van der Waals surface area contributed by atoms with Crippen molar-refractivity contribution >= 4 is 17.0 Å². The zero-order valence-corrected chi connectivity index (χ0v) is 10.4. The van der Waals surface area contributed by atoms with Crippen molar-refractivity contribution in [2.75, 3.05) is 12.3 Å². The average Bonchev–Trinajstić information content (AvgIpc) is 3.03. The Balaban J connectivity index is 1.96. The lowest BCUT2D eigenvalue weighted by Crippen LogP contribution is -2.22. The van der Waals surface area contributed by atoms with Gasteiger partial charge in [-0.3, -0.25) is 4.57 Å². The third-order valence-electron chi connectivity index (χ3n) is 3.28. The molecule has 2 aromatic rings. The maximum Gasteiger partial charge on any atom is 0.167 e. The van der Waals surface area contributed by atoms with Gasteiger partial charge in [-0.15, -0.1) is 0 Å². The van der Waals surface area contributed by atoms with E-state index >= 15 is 0 Å². The first-order chi connectivity index (χ1) is 9.74. The Bertz CT molecular complexity index is 679. The number of hydrogen-bond donors (Lipinski definition) is 2. The van der Waals surface area contributed by atoms with Gasteiger partial charge in [-0.05, 0) is 5.53 Å². The van der Waals surface area contributed by atoms with E-state index in [2.05, 4.69) is 25.0 Å². The minimum Gasteiger partial charge on any atom is -0.394 e. The standard InChI is InChI=1S/C10H12N8O2/c11-9-8-10(14-3-13-9)18(4-15-8)7-1-5(16-17-12)6(2-19)20-7/h3-7,19H,1-2H2,(H2,11,13,14)/t5-,6-,7+/m0/s1. The van der Waals surface area contributed by atoms with Gasteiger partial charge in [0.15, 0.2) is 11.5 Å². The molecule has 0 amide bonds. The molecule has 0 aliphatic carbocycles. The summed E-state index contributed by atoms with van der Waals surface area (Å²) in [6, 6.07) is -0.424. The second kappa shape index (κ2) is 4.93. The SMILES string of the molecule is [N-]=[N+]=N[C@H]1C[C@H](n2cnc3c(N)ncnc32)O[C@H]1CO. The van der Waals surface area contributed by atoms with Crippen molar-refractivity contribution < 1.29 is 9.84 Å². The first-order valence-electron chi connectivity index (χ1n) is 5.98. The number of nitrogen functional groups attached to an aromatic ring is 1. The zero-order valence-electron chi connectivity index (χ0n) is 10.4. The van der Waals surface area contributed by atoms with Crippen LogP contribution in [0.5, 0.6) is 0 Å². The van der Waals surface area contributed by atoms with E-state index in [4.69, 9.17) is 16.0 Å². The fourth-order valence-corrected chi connectivity index (χ4v) is 2.32. The van der Waals surface area contributed by atoms with Crippen molar-refractivity contribution in [2.45, 2.75) is 24.8 Å². The van der Waals surface area contributed by atoms with Gasteiger partial charge < -0.3 is 15.6 Å². The van der Waals surface area contributed by atoms with Crippen LogP contribution in [0.15, 0.2) is 17.8 Å². The molecule has 0 spiro atoms. The molecule has 0 bridgehead atoms. The molecule has 10 nitrogen and oxygen atoms in total. The molecule has 2 aromatic heterocycles. The molecule has 3 N–H and O–H groups in total. The minimum absolute atomic E-state index is 0.218. The lowest BCUT2D eigenvalue weighted by Gasteiger charge is -2.13. The van der Waals surface area contributed by atoms with E-state index < -0.39 is 18.4 Å². The van der Waals surface area contributed by atoms with E-state index in [1.807, 2.05) is 0 Å². The monoisotopic (exact) mass is 276 g/mol. The Labute approximate surface area is 112 Å². The molecule has 3 rings (SSSR count). The maximum absolute atomic E-state index is 9.26. The first kappa shape index (κ1) is 12.6. The van der Waals surface area contributed by atoms with Crippen molar-refractivity contribution in [3.63, 3.8) is 0 Å². The summed E-state index contributed by atoms with van der Waals surface area (Å²) < 4.78 is 7.37. The molecule has 0 radical (unpaired) electrons. The highest BCUT2D eigenvalue weighted by atomic mass is 16.5. The summed E-state index contributed by atoms with van der Waals surface area (Å²) in [5.74, 6) is 0.289. The lowest BCUT2D eigenvalue weighted by molar-refractivity contribution is -0.0233. The minimum atomic E-state index is -0.535. The number of azide groups is 1. The van der Waals surface area contributed by atoms with Crippen LogP contribution in [0, 0.1) is 0 Å². The van der Waals surface area contributed by atoms with Crippen molar-refractivity contribution in [2.24, 2.45) is 5.11 Å². The van der Waals surface area contributed by atoms with Gasteiger partial charge in [-0.2, -0.15) is 0 Å². The quantitative estimate of drug-likeness (QED) is 0.470. The number of ether oxygens (including phenoxy) is 1. The molecule has 3 heterocycles. The molecule has 10 heteroatoms. The molecule has 0 saturated carbocycles. The summed E-state index contributed by atoms with van der Waals surface area (Å²) in [5.41, 5.74) is 15.3. The number of aromatic nitrogens is 4. The van der Waals surface area contributed by atoms with Crippen molar-refractivity contribution in [1.29, 1.82) is 0 Å². The summed E-state index contributed by atoms with van der Waals surface area (Å²) in [6.07, 6.45) is 2.38. The number of imidazole rings is 1. The molecule has 1 saturated heterocycles. The Morgan fingerprint density at radius 3 is 3.15 bits per heavy atom. The van der Waals surface area contributed by atoms with E-state index in [-0.39, 0.29) is 12.4 Å². The Morgan fingerprint density at radius 1 is 1.55 bits per heavy atom. The number of nitrogens with zero attached hydrogens (tertiary/aromatic N) is 7. The van der Waals surface area contributed by atoms with E-state index in [9.17, 15) is 5.11 Å². The molecule has 0 aromatic carbocycles. The van der Waals surface area contributed by atoms with Gasteiger partial charge in [-0.1, -0.05) is 5.11 Å². The van der Waals surface area contributed by atoms with Crippen LogP contribution in [0.3, 0.4) is 0 Å². The van der Waals surface area contributed by atoms with Gasteiger partial charge in [0, 0.05) is 11.3 Å². The number of hydrogen-bond acceptors (Lipinski definition) is 7. The number of anilines is 1. The predicted octanol–water partition coefficient (Wildman–Crippen LogP) is 0.367. The van der Waals surface area contributed by atoms with Crippen LogP contribution in [-0.2, 0) is 4.74 Å². The van der Waals surface area contributed by atoms with Crippen LogP contribution in [0.25, 0.3) is 21.6 Å². The third kappa shape index (κ3) is 1.92. The van der Waals surface area contributed by atoms with Crippen LogP contribution < -0.4 is 5.73 Å². The average molecular weight is 276 g/mol. The number of fused-ring (bicyclic) bond motifs is 1. The second-order valence-corrected chi connectivity index (χ2v) is 4.40. The fraction of sp³-hybridized carbons (Fsp3) is 0.500. The highest BCUT2D eigenvalue weighted by Gasteiger charge is 2.36. The van der Waals surface area contributed by atoms with E-state index in [0.29, 0.717) is 17.6 Å². The Hall–Kier alpha value is -2.42. The fourth-order valence-electron chi connectivity index (χ4n) is 2.32. The number of aliphatic hydroxyl groups is 1. The zero-order chi connectivity index (χ0) is 14.1. The highest BCUT2D eigenvalue weighted by Crippen LogP contribution is 2.32. The Morgan fingerprint density at radius 2 is 2.40 bits per heavy atom. The van der Waals surface area contributed by atoms with Gasteiger partial charge in [0.1, 0.15) is 18.1 Å². The molecule has 20 heavy (non-hydrogen) atoms. The number of nitrogens with two attached hydrogens (primary N) is 1.